The van der Waals surface area contributed by atoms with E-state index in [0.717, 1.165) is 16.3 Å². The summed E-state index contributed by atoms with van der Waals surface area (Å²) in [6, 6.07) is 11.2. The monoisotopic (exact) mass is 271 g/mol. The van der Waals surface area contributed by atoms with Gasteiger partial charge in [0, 0.05) is 18.7 Å². The largest absolute Gasteiger partial charge is 0.508 e. The highest BCUT2D eigenvalue weighted by atomic mass is 16.4. The normalized spacial score (nSPS) is 10.8. The summed E-state index contributed by atoms with van der Waals surface area (Å²) in [5.74, 6) is -0.713. The first-order chi connectivity index (χ1) is 9.61. The first kappa shape index (κ1) is 14.1. The summed E-state index contributed by atoms with van der Waals surface area (Å²) < 4.78 is 0. The Morgan fingerprint density at radius 1 is 1.25 bits per heavy atom. The molecular weight excluding hydrogens is 254 g/mol. The summed E-state index contributed by atoms with van der Waals surface area (Å²) in [6.45, 7) is 4.37. The van der Waals surface area contributed by atoms with Gasteiger partial charge in [0.1, 0.15) is 5.75 Å². The lowest BCUT2D eigenvalue weighted by atomic mass is 10.0. The second-order valence-electron chi connectivity index (χ2n) is 4.64. The van der Waals surface area contributed by atoms with Crippen LogP contribution in [0.1, 0.15) is 5.56 Å². The van der Waals surface area contributed by atoms with Gasteiger partial charge in [-0.1, -0.05) is 36.4 Å². The van der Waals surface area contributed by atoms with Crippen LogP contribution in [-0.4, -0.2) is 34.2 Å². The number of fused-ring (bicyclic) bond motifs is 1. The maximum Gasteiger partial charge on any atom is 0.317 e. The van der Waals surface area contributed by atoms with Crippen molar-refractivity contribution in [3.05, 3.63) is 54.6 Å². The number of phenolic OH excluding ortho intramolecular Hbond substituents is 1. The van der Waals surface area contributed by atoms with Crippen LogP contribution in [0.2, 0.25) is 0 Å². The van der Waals surface area contributed by atoms with Gasteiger partial charge in [0.15, 0.2) is 0 Å². The van der Waals surface area contributed by atoms with E-state index in [1.807, 2.05) is 30.3 Å². The number of hydrogen-bond acceptors (Lipinski definition) is 3. The second-order valence-corrected chi connectivity index (χ2v) is 4.64. The molecule has 0 unspecified atom stereocenters. The molecule has 2 N–H and O–H groups in total. The van der Waals surface area contributed by atoms with Crippen LogP contribution in [0.15, 0.2) is 49.1 Å². The topological polar surface area (TPSA) is 60.8 Å². The van der Waals surface area contributed by atoms with Crippen LogP contribution in [0.4, 0.5) is 0 Å². The standard InChI is InChI=1S/C16H17NO3/c1-2-9-17(11-16(19)20)10-14-13-6-4-3-5-12(13)7-8-15(14)18/h2-8,18H,1,9-11H2,(H,19,20). The van der Waals surface area contributed by atoms with Crippen LogP contribution in [-0.2, 0) is 11.3 Å². The van der Waals surface area contributed by atoms with Crippen molar-refractivity contribution in [3.63, 3.8) is 0 Å². The van der Waals surface area contributed by atoms with Crippen LogP contribution in [0.3, 0.4) is 0 Å². The second kappa shape index (κ2) is 6.21. The minimum atomic E-state index is -0.897. The predicted octanol–water partition coefficient (Wildman–Crippen LogP) is 2.62. The zero-order valence-corrected chi connectivity index (χ0v) is 11.1. The first-order valence-electron chi connectivity index (χ1n) is 6.36. The minimum absolute atomic E-state index is 0.0886. The van der Waals surface area contributed by atoms with Crippen molar-refractivity contribution < 1.29 is 15.0 Å². The number of phenols is 1. The molecule has 0 saturated carbocycles. The Morgan fingerprint density at radius 3 is 2.70 bits per heavy atom. The molecule has 20 heavy (non-hydrogen) atoms. The van der Waals surface area contributed by atoms with E-state index in [2.05, 4.69) is 6.58 Å². The third kappa shape index (κ3) is 3.16. The molecule has 0 bridgehead atoms. The summed E-state index contributed by atoms with van der Waals surface area (Å²) in [4.78, 5) is 12.6. The van der Waals surface area contributed by atoms with E-state index in [1.54, 1.807) is 17.0 Å². The number of carbonyl (C=O) groups is 1. The van der Waals surface area contributed by atoms with Gasteiger partial charge in [0.25, 0.3) is 0 Å². The molecule has 0 fully saturated rings. The highest BCUT2D eigenvalue weighted by Crippen LogP contribution is 2.28. The molecule has 0 aliphatic carbocycles. The Labute approximate surface area is 117 Å². The van der Waals surface area contributed by atoms with Gasteiger partial charge in [0.2, 0.25) is 0 Å². The number of carboxylic acids is 1. The van der Waals surface area contributed by atoms with E-state index in [0.29, 0.717) is 13.1 Å². The van der Waals surface area contributed by atoms with Gasteiger partial charge in [-0.05, 0) is 16.8 Å². The average Bonchev–Trinajstić information content (AvgIpc) is 2.41. The van der Waals surface area contributed by atoms with Gasteiger partial charge >= 0.3 is 5.97 Å². The number of carboxylic acid groups (broad SMARTS) is 1. The fourth-order valence-electron chi connectivity index (χ4n) is 2.27. The van der Waals surface area contributed by atoms with Crippen LogP contribution in [0, 0.1) is 0 Å². The van der Waals surface area contributed by atoms with Gasteiger partial charge < -0.3 is 10.2 Å². The summed E-state index contributed by atoms with van der Waals surface area (Å²) in [5.41, 5.74) is 0.742. The molecule has 4 heteroatoms. The fraction of sp³-hybridized carbons (Fsp3) is 0.188. The molecule has 2 aromatic carbocycles. The lowest BCUT2D eigenvalue weighted by Gasteiger charge is -2.20. The summed E-state index contributed by atoms with van der Waals surface area (Å²) in [7, 11) is 0. The van der Waals surface area contributed by atoms with Crippen molar-refractivity contribution >= 4 is 16.7 Å². The molecule has 0 saturated heterocycles. The quantitative estimate of drug-likeness (QED) is 0.793. The Morgan fingerprint density at radius 2 is 2.00 bits per heavy atom. The number of aromatic hydroxyl groups is 1. The van der Waals surface area contributed by atoms with Crippen molar-refractivity contribution in [1.29, 1.82) is 0 Å². The number of hydrogen-bond donors (Lipinski definition) is 2. The number of rotatable bonds is 6. The smallest absolute Gasteiger partial charge is 0.317 e. The van der Waals surface area contributed by atoms with E-state index in [9.17, 15) is 9.90 Å². The number of benzene rings is 2. The van der Waals surface area contributed by atoms with Gasteiger partial charge in [-0.25, -0.2) is 0 Å². The van der Waals surface area contributed by atoms with Crippen molar-refractivity contribution in [1.82, 2.24) is 4.90 Å². The molecule has 0 spiro atoms. The molecule has 4 nitrogen and oxygen atoms in total. The zero-order chi connectivity index (χ0) is 14.5. The van der Waals surface area contributed by atoms with Gasteiger partial charge in [-0.15, -0.1) is 6.58 Å². The molecule has 0 aliphatic rings. The SMILES string of the molecule is C=CCN(CC(=O)O)Cc1c(O)ccc2ccccc12. The Balaban J connectivity index is 2.37. The van der Waals surface area contributed by atoms with Crippen LogP contribution >= 0.6 is 0 Å². The average molecular weight is 271 g/mol. The van der Waals surface area contributed by atoms with Crippen LogP contribution in [0.25, 0.3) is 10.8 Å². The molecule has 2 aromatic rings. The van der Waals surface area contributed by atoms with Gasteiger partial charge in [0.05, 0.1) is 6.54 Å². The highest BCUT2D eigenvalue weighted by molar-refractivity contribution is 5.87. The van der Waals surface area contributed by atoms with Crippen molar-refractivity contribution in [2.75, 3.05) is 13.1 Å². The maximum atomic E-state index is 10.9. The highest BCUT2D eigenvalue weighted by Gasteiger charge is 2.13. The van der Waals surface area contributed by atoms with Gasteiger partial charge in [-0.2, -0.15) is 0 Å². The van der Waals surface area contributed by atoms with Crippen LogP contribution < -0.4 is 0 Å². The predicted molar refractivity (Wildman–Crippen MR) is 78.7 cm³/mol. The van der Waals surface area contributed by atoms with E-state index in [1.165, 1.54) is 0 Å². The maximum absolute atomic E-state index is 10.9. The van der Waals surface area contributed by atoms with Crippen molar-refractivity contribution in [2.24, 2.45) is 0 Å². The Kier molecular flexibility index (Phi) is 4.38. The zero-order valence-electron chi connectivity index (χ0n) is 11.1. The molecule has 0 amide bonds. The van der Waals surface area contributed by atoms with E-state index in [-0.39, 0.29) is 12.3 Å². The lowest BCUT2D eigenvalue weighted by Crippen LogP contribution is -2.29. The van der Waals surface area contributed by atoms with Gasteiger partial charge in [-0.3, -0.25) is 9.69 Å². The number of nitrogens with zero attached hydrogens (tertiary/aromatic N) is 1. The molecule has 2 rings (SSSR count). The summed E-state index contributed by atoms with van der Waals surface area (Å²) >= 11 is 0. The Hall–Kier alpha value is -2.33. The molecule has 0 aromatic heterocycles. The molecule has 0 radical (unpaired) electrons. The lowest BCUT2D eigenvalue weighted by molar-refractivity contribution is -0.138. The first-order valence-corrected chi connectivity index (χ1v) is 6.36. The van der Waals surface area contributed by atoms with Crippen molar-refractivity contribution in [2.45, 2.75) is 6.54 Å². The molecule has 104 valence electrons. The Bertz CT molecular complexity index is 637. The molecule has 0 aliphatic heterocycles. The summed E-state index contributed by atoms with van der Waals surface area (Å²) in [6.07, 6.45) is 1.66. The number of aliphatic carboxylic acids is 1. The van der Waals surface area contributed by atoms with Crippen molar-refractivity contribution in [3.8, 4) is 5.75 Å². The summed E-state index contributed by atoms with van der Waals surface area (Å²) in [5, 5.41) is 21.0. The third-order valence-electron chi connectivity index (χ3n) is 3.14. The molecule has 0 heterocycles. The third-order valence-corrected chi connectivity index (χ3v) is 3.14. The fourth-order valence-corrected chi connectivity index (χ4v) is 2.27. The molecular formula is C16H17NO3. The van der Waals surface area contributed by atoms with Crippen LogP contribution in [0.5, 0.6) is 5.75 Å². The minimum Gasteiger partial charge on any atom is -0.508 e. The van der Waals surface area contributed by atoms with E-state index < -0.39 is 5.97 Å². The molecule has 0 atom stereocenters. The van der Waals surface area contributed by atoms with E-state index in [4.69, 9.17) is 5.11 Å². The van der Waals surface area contributed by atoms with E-state index >= 15 is 0 Å².